The highest BCUT2D eigenvalue weighted by molar-refractivity contribution is 5.91. The largest absolute Gasteiger partial charge is 0.378 e. The highest BCUT2D eigenvalue weighted by Gasteiger charge is 2.16. The predicted octanol–water partition coefficient (Wildman–Crippen LogP) is 1.98. The van der Waals surface area contributed by atoms with Gasteiger partial charge in [-0.05, 0) is 26.0 Å². The summed E-state index contributed by atoms with van der Waals surface area (Å²) >= 11 is 0. The number of H-pyrrole nitrogens is 1. The number of hydrogen-bond acceptors (Lipinski definition) is 3. The Morgan fingerprint density at radius 2 is 1.95 bits per heavy atom. The van der Waals surface area contributed by atoms with Crippen LogP contribution in [0.1, 0.15) is 11.3 Å². The summed E-state index contributed by atoms with van der Waals surface area (Å²) in [6.07, 6.45) is 0. The Balaban J connectivity index is 2.23. The molecule has 1 aromatic heterocycles. The van der Waals surface area contributed by atoms with Crippen LogP contribution < -0.4 is 10.3 Å². The average Bonchev–Trinajstić information content (AvgIpc) is 2.45. The second kappa shape index (κ2) is 4.70. The minimum Gasteiger partial charge on any atom is -0.378 e. The molecule has 1 aliphatic rings. The van der Waals surface area contributed by atoms with Crippen LogP contribution in [0.3, 0.4) is 0 Å². The van der Waals surface area contributed by atoms with Crippen LogP contribution in [0.2, 0.25) is 0 Å². The van der Waals surface area contributed by atoms with E-state index in [0.29, 0.717) is 0 Å². The van der Waals surface area contributed by atoms with Crippen LogP contribution in [0, 0.1) is 13.8 Å². The quantitative estimate of drug-likeness (QED) is 0.850. The van der Waals surface area contributed by atoms with Gasteiger partial charge in [-0.2, -0.15) is 0 Å². The van der Waals surface area contributed by atoms with Crippen molar-refractivity contribution in [2.24, 2.45) is 0 Å². The van der Waals surface area contributed by atoms with Crippen molar-refractivity contribution < 1.29 is 4.74 Å². The molecular weight excluding hydrogens is 240 g/mol. The summed E-state index contributed by atoms with van der Waals surface area (Å²) in [7, 11) is 0. The number of anilines is 1. The van der Waals surface area contributed by atoms with Crippen LogP contribution in [-0.4, -0.2) is 31.3 Å². The van der Waals surface area contributed by atoms with Gasteiger partial charge >= 0.3 is 0 Å². The topological polar surface area (TPSA) is 45.3 Å². The second-order valence-electron chi connectivity index (χ2n) is 5.00. The number of para-hydroxylation sites is 1. The first-order valence-corrected chi connectivity index (χ1v) is 6.63. The van der Waals surface area contributed by atoms with Crippen LogP contribution in [-0.2, 0) is 4.74 Å². The van der Waals surface area contributed by atoms with Crippen LogP contribution in [0.4, 0.5) is 5.69 Å². The molecule has 0 spiro atoms. The lowest BCUT2D eigenvalue weighted by atomic mass is 10.1. The highest BCUT2D eigenvalue weighted by atomic mass is 16.5. The van der Waals surface area contributed by atoms with E-state index in [2.05, 4.69) is 16.0 Å². The van der Waals surface area contributed by atoms with Gasteiger partial charge in [0.25, 0.3) is 0 Å². The maximum atomic E-state index is 12.3. The van der Waals surface area contributed by atoms with E-state index in [1.807, 2.05) is 26.0 Å². The summed E-state index contributed by atoms with van der Waals surface area (Å²) in [5, 5.41) is 0.770. The molecule has 1 aliphatic heterocycles. The monoisotopic (exact) mass is 258 g/mol. The Morgan fingerprint density at radius 1 is 1.21 bits per heavy atom. The maximum absolute atomic E-state index is 12.3. The van der Waals surface area contributed by atoms with Crippen molar-refractivity contribution in [2.45, 2.75) is 13.8 Å². The molecular formula is C15H18N2O2. The normalized spacial score (nSPS) is 16.0. The van der Waals surface area contributed by atoms with Gasteiger partial charge < -0.3 is 14.6 Å². The van der Waals surface area contributed by atoms with E-state index in [0.717, 1.165) is 54.2 Å². The first kappa shape index (κ1) is 12.2. The number of ether oxygens (including phenoxy) is 1. The number of hydrogen-bond donors (Lipinski definition) is 1. The van der Waals surface area contributed by atoms with E-state index in [1.165, 1.54) is 0 Å². The van der Waals surface area contributed by atoms with Crippen molar-refractivity contribution in [2.75, 3.05) is 31.2 Å². The van der Waals surface area contributed by atoms with Gasteiger partial charge in [0.05, 0.1) is 24.4 Å². The van der Waals surface area contributed by atoms with E-state index in [-0.39, 0.29) is 5.43 Å². The Morgan fingerprint density at radius 3 is 2.68 bits per heavy atom. The van der Waals surface area contributed by atoms with Gasteiger partial charge in [0.2, 0.25) is 0 Å². The molecule has 1 saturated heterocycles. The molecule has 1 fully saturated rings. The molecule has 2 heterocycles. The molecule has 0 bridgehead atoms. The minimum absolute atomic E-state index is 0.126. The van der Waals surface area contributed by atoms with Gasteiger partial charge in [-0.15, -0.1) is 0 Å². The zero-order valence-electron chi connectivity index (χ0n) is 11.3. The maximum Gasteiger partial charge on any atom is 0.192 e. The van der Waals surface area contributed by atoms with Gasteiger partial charge in [0.15, 0.2) is 5.43 Å². The first-order chi connectivity index (χ1) is 9.18. The summed E-state index contributed by atoms with van der Waals surface area (Å²) < 4.78 is 5.39. The van der Waals surface area contributed by atoms with Gasteiger partial charge in [-0.1, -0.05) is 6.07 Å². The lowest BCUT2D eigenvalue weighted by molar-refractivity contribution is 0.123. The summed E-state index contributed by atoms with van der Waals surface area (Å²) in [6.45, 7) is 7.04. The zero-order chi connectivity index (χ0) is 13.4. The average molecular weight is 258 g/mol. The molecule has 0 unspecified atom stereocenters. The number of nitrogens with zero attached hydrogens (tertiary/aromatic N) is 1. The number of aryl methyl sites for hydroxylation is 1. The van der Waals surface area contributed by atoms with Gasteiger partial charge in [0.1, 0.15) is 0 Å². The molecule has 0 aliphatic carbocycles. The Hall–Kier alpha value is -1.81. The number of benzene rings is 1. The molecule has 0 radical (unpaired) electrons. The molecule has 1 N–H and O–H groups in total. The number of nitrogens with one attached hydrogen (secondary N) is 1. The molecule has 2 aromatic rings. The number of morpholine rings is 1. The van der Waals surface area contributed by atoms with E-state index >= 15 is 0 Å². The fourth-order valence-electron chi connectivity index (χ4n) is 2.58. The first-order valence-electron chi connectivity index (χ1n) is 6.63. The summed E-state index contributed by atoms with van der Waals surface area (Å²) in [6, 6.07) is 5.92. The standard InChI is InChI=1S/C15H18N2O2/c1-10-11(2)16-14-12(15(10)18)4-3-5-13(14)17-6-8-19-9-7-17/h3-5H,6-9H2,1-2H3,(H,16,18). The van der Waals surface area contributed by atoms with Crippen molar-refractivity contribution in [1.29, 1.82) is 0 Å². The van der Waals surface area contributed by atoms with Crippen molar-refractivity contribution in [3.63, 3.8) is 0 Å². The zero-order valence-corrected chi connectivity index (χ0v) is 11.3. The number of fused-ring (bicyclic) bond motifs is 1. The molecule has 3 rings (SSSR count). The van der Waals surface area contributed by atoms with Crippen LogP contribution in [0.5, 0.6) is 0 Å². The van der Waals surface area contributed by atoms with E-state index in [1.54, 1.807) is 0 Å². The molecule has 1 aromatic carbocycles. The van der Waals surface area contributed by atoms with Crippen LogP contribution >= 0.6 is 0 Å². The molecule has 4 nitrogen and oxygen atoms in total. The Bertz CT molecular complexity index is 670. The third-order valence-corrected chi connectivity index (χ3v) is 3.85. The fourth-order valence-corrected chi connectivity index (χ4v) is 2.58. The predicted molar refractivity (Wildman–Crippen MR) is 77.1 cm³/mol. The lowest BCUT2D eigenvalue weighted by Gasteiger charge is -2.29. The van der Waals surface area contributed by atoms with Gasteiger partial charge in [-0.25, -0.2) is 0 Å². The third kappa shape index (κ3) is 2.02. The molecule has 100 valence electrons. The van der Waals surface area contributed by atoms with Crippen molar-refractivity contribution in [3.8, 4) is 0 Å². The second-order valence-corrected chi connectivity index (χ2v) is 5.00. The summed E-state index contributed by atoms with van der Waals surface area (Å²) in [4.78, 5) is 18.0. The fraction of sp³-hybridized carbons (Fsp3) is 0.400. The summed E-state index contributed by atoms with van der Waals surface area (Å²) in [5.74, 6) is 0. The van der Waals surface area contributed by atoms with Gasteiger partial charge in [-0.3, -0.25) is 4.79 Å². The van der Waals surface area contributed by atoms with E-state index < -0.39 is 0 Å². The van der Waals surface area contributed by atoms with Crippen LogP contribution in [0.25, 0.3) is 10.9 Å². The van der Waals surface area contributed by atoms with E-state index in [4.69, 9.17) is 4.74 Å². The number of aromatic nitrogens is 1. The lowest BCUT2D eigenvalue weighted by Crippen LogP contribution is -2.36. The molecule has 0 saturated carbocycles. The molecule has 0 amide bonds. The van der Waals surface area contributed by atoms with E-state index in [9.17, 15) is 4.79 Å². The number of rotatable bonds is 1. The Kier molecular flexibility index (Phi) is 3.03. The summed E-state index contributed by atoms with van der Waals surface area (Å²) in [5.41, 5.74) is 3.91. The van der Waals surface area contributed by atoms with Crippen molar-refractivity contribution >= 4 is 16.6 Å². The Labute approximate surface area is 112 Å². The van der Waals surface area contributed by atoms with Crippen LogP contribution in [0.15, 0.2) is 23.0 Å². The molecule has 4 heteroatoms. The number of aromatic amines is 1. The molecule has 0 atom stereocenters. The minimum atomic E-state index is 0.126. The van der Waals surface area contributed by atoms with Crippen molar-refractivity contribution in [1.82, 2.24) is 4.98 Å². The van der Waals surface area contributed by atoms with Gasteiger partial charge in [0, 0.05) is 29.7 Å². The highest BCUT2D eigenvalue weighted by Crippen LogP contribution is 2.25. The SMILES string of the molecule is Cc1[nH]c2c(N3CCOCC3)cccc2c(=O)c1C. The van der Waals surface area contributed by atoms with Crippen molar-refractivity contribution in [3.05, 3.63) is 39.7 Å². The third-order valence-electron chi connectivity index (χ3n) is 3.85. The smallest absolute Gasteiger partial charge is 0.192 e. The number of pyridine rings is 1. The molecule has 19 heavy (non-hydrogen) atoms.